The van der Waals surface area contributed by atoms with E-state index in [9.17, 15) is 4.79 Å². The lowest BCUT2D eigenvalue weighted by atomic mass is 10.2. The summed E-state index contributed by atoms with van der Waals surface area (Å²) in [5.74, 6) is -0.902. The minimum atomic E-state index is -0.902. The Bertz CT molecular complexity index is 541. The van der Waals surface area contributed by atoms with Crippen molar-refractivity contribution in [2.24, 2.45) is 0 Å². The van der Waals surface area contributed by atoms with Gasteiger partial charge in [0.05, 0.1) is 11.9 Å². The van der Waals surface area contributed by atoms with E-state index in [0.29, 0.717) is 0 Å². The molecule has 0 aliphatic rings. The number of carbonyl (C=O) groups is 1. The molecule has 0 fully saturated rings. The van der Waals surface area contributed by atoms with E-state index in [2.05, 4.69) is 10.2 Å². The zero-order valence-electron chi connectivity index (χ0n) is 9.79. The molecule has 2 aromatic rings. The molecule has 0 atom stereocenters. The number of aliphatic carboxylic acids is 1. The highest BCUT2D eigenvalue weighted by molar-refractivity contribution is 5.67. The lowest BCUT2D eigenvalue weighted by molar-refractivity contribution is -0.137. The van der Waals surface area contributed by atoms with Crippen LogP contribution >= 0.6 is 0 Å². The van der Waals surface area contributed by atoms with E-state index in [-0.39, 0.29) is 6.54 Å². The van der Waals surface area contributed by atoms with E-state index >= 15 is 0 Å². The quantitative estimate of drug-likeness (QED) is 0.861. The van der Waals surface area contributed by atoms with Gasteiger partial charge in [-0.15, -0.1) is 0 Å². The summed E-state index contributed by atoms with van der Waals surface area (Å²) in [4.78, 5) is 10.6. The number of rotatable bonds is 4. The van der Waals surface area contributed by atoms with Gasteiger partial charge in [0.25, 0.3) is 0 Å². The van der Waals surface area contributed by atoms with Gasteiger partial charge in [-0.25, -0.2) is 0 Å². The summed E-state index contributed by atoms with van der Waals surface area (Å²) in [7, 11) is 0. The lowest BCUT2D eigenvalue weighted by Crippen LogP contribution is -2.08. The molecule has 0 saturated carbocycles. The number of carboxylic acids is 1. The van der Waals surface area contributed by atoms with Crippen molar-refractivity contribution in [3.05, 3.63) is 24.2 Å². The second kappa shape index (κ2) is 4.40. The molecule has 1 N–H and O–H groups in total. The fourth-order valence-electron chi connectivity index (χ4n) is 1.75. The summed E-state index contributed by atoms with van der Waals surface area (Å²) in [6.45, 7) is 4.68. The van der Waals surface area contributed by atoms with Crippen LogP contribution in [-0.2, 0) is 17.9 Å². The number of aromatic nitrogens is 4. The Balaban J connectivity index is 2.30. The van der Waals surface area contributed by atoms with Crippen molar-refractivity contribution in [2.45, 2.75) is 26.9 Å². The molecule has 2 rings (SSSR count). The first kappa shape index (κ1) is 11.4. The first-order valence-corrected chi connectivity index (χ1v) is 5.40. The SMILES string of the molecule is CCn1ncc(-c2ccn(CC(=O)O)n2)c1C. The molecule has 0 radical (unpaired) electrons. The Morgan fingerprint density at radius 3 is 2.88 bits per heavy atom. The molecule has 0 saturated heterocycles. The highest BCUT2D eigenvalue weighted by atomic mass is 16.4. The number of nitrogens with zero attached hydrogens (tertiary/aromatic N) is 4. The molecule has 2 heterocycles. The van der Waals surface area contributed by atoms with Gasteiger partial charge in [0.2, 0.25) is 0 Å². The maximum Gasteiger partial charge on any atom is 0.325 e. The van der Waals surface area contributed by atoms with Crippen molar-refractivity contribution >= 4 is 5.97 Å². The maximum atomic E-state index is 10.6. The minimum Gasteiger partial charge on any atom is -0.480 e. The monoisotopic (exact) mass is 234 g/mol. The van der Waals surface area contributed by atoms with Crippen LogP contribution in [0.3, 0.4) is 0 Å². The van der Waals surface area contributed by atoms with Gasteiger partial charge in [-0.05, 0) is 19.9 Å². The Kier molecular flexibility index (Phi) is 2.95. The Hall–Kier alpha value is -2.11. The van der Waals surface area contributed by atoms with Crippen molar-refractivity contribution in [1.29, 1.82) is 0 Å². The summed E-state index contributed by atoms with van der Waals surface area (Å²) in [6.07, 6.45) is 3.42. The smallest absolute Gasteiger partial charge is 0.325 e. The molecule has 0 aliphatic heterocycles. The molecule has 17 heavy (non-hydrogen) atoms. The number of hydrogen-bond donors (Lipinski definition) is 1. The van der Waals surface area contributed by atoms with E-state index in [4.69, 9.17) is 5.11 Å². The number of carboxylic acid groups (broad SMARTS) is 1. The number of aryl methyl sites for hydroxylation is 1. The molecule has 0 aromatic carbocycles. The summed E-state index contributed by atoms with van der Waals surface area (Å²) >= 11 is 0. The molecule has 6 nitrogen and oxygen atoms in total. The molecular weight excluding hydrogens is 220 g/mol. The summed E-state index contributed by atoms with van der Waals surface area (Å²) in [5, 5.41) is 17.1. The zero-order valence-corrected chi connectivity index (χ0v) is 9.79. The zero-order chi connectivity index (χ0) is 12.4. The van der Waals surface area contributed by atoms with Crippen LogP contribution in [0.1, 0.15) is 12.6 Å². The molecule has 90 valence electrons. The topological polar surface area (TPSA) is 72.9 Å². The Morgan fingerprint density at radius 2 is 2.29 bits per heavy atom. The molecule has 6 heteroatoms. The van der Waals surface area contributed by atoms with Crippen LogP contribution in [0.15, 0.2) is 18.5 Å². The third-order valence-electron chi connectivity index (χ3n) is 2.62. The molecular formula is C11H14N4O2. The van der Waals surface area contributed by atoms with E-state index in [1.807, 2.05) is 18.5 Å². The average molecular weight is 234 g/mol. The predicted octanol–water partition coefficient (Wildman–Crippen LogP) is 1.16. The highest BCUT2D eigenvalue weighted by Crippen LogP contribution is 2.20. The molecule has 0 bridgehead atoms. The highest BCUT2D eigenvalue weighted by Gasteiger charge is 2.11. The van der Waals surface area contributed by atoms with Gasteiger partial charge < -0.3 is 5.11 Å². The largest absolute Gasteiger partial charge is 0.480 e. The van der Waals surface area contributed by atoms with Gasteiger partial charge >= 0.3 is 5.97 Å². The van der Waals surface area contributed by atoms with E-state index in [1.54, 1.807) is 18.5 Å². The minimum absolute atomic E-state index is 0.124. The van der Waals surface area contributed by atoms with Crippen molar-refractivity contribution in [2.75, 3.05) is 0 Å². The van der Waals surface area contributed by atoms with Gasteiger partial charge in [0.15, 0.2) is 0 Å². The Morgan fingerprint density at radius 1 is 1.53 bits per heavy atom. The van der Waals surface area contributed by atoms with Crippen molar-refractivity contribution in [3.8, 4) is 11.3 Å². The standard InChI is InChI=1S/C11H14N4O2/c1-3-15-8(2)9(6-12-15)10-4-5-14(13-10)7-11(16)17/h4-6H,3,7H2,1-2H3,(H,16,17). The molecule has 2 aromatic heterocycles. The second-order valence-corrected chi connectivity index (χ2v) is 3.75. The number of hydrogen-bond acceptors (Lipinski definition) is 3. The lowest BCUT2D eigenvalue weighted by Gasteiger charge is -1.99. The van der Waals surface area contributed by atoms with Crippen LogP contribution in [0, 0.1) is 6.92 Å². The van der Waals surface area contributed by atoms with Crippen LogP contribution < -0.4 is 0 Å². The summed E-state index contributed by atoms with van der Waals surface area (Å²) in [6, 6.07) is 1.80. The van der Waals surface area contributed by atoms with Crippen LogP contribution in [0.4, 0.5) is 0 Å². The van der Waals surface area contributed by atoms with Crippen molar-refractivity contribution in [1.82, 2.24) is 19.6 Å². The van der Waals surface area contributed by atoms with Gasteiger partial charge in [-0.2, -0.15) is 10.2 Å². The molecule has 0 amide bonds. The van der Waals surface area contributed by atoms with Crippen molar-refractivity contribution in [3.63, 3.8) is 0 Å². The van der Waals surface area contributed by atoms with Crippen LogP contribution in [0.2, 0.25) is 0 Å². The maximum absolute atomic E-state index is 10.6. The van der Waals surface area contributed by atoms with Crippen LogP contribution in [0.25, 0.3) is 11.3 Å². The van der Waals surface area contributed by atoms with Crippen LogP contribution in [0.5, 0.6) is 0 Å². The first-order valence-electron chi connectivity index (χ1n) is 5.40. The van der Waals surface area contributed by atoms with Gasteiger partial charge in [0, 0.05) is 24.0 Å². The summed E-state index contributed by atoms with van der Waals surface area (Å²) < 4.78 is 3.28. The molecule has 0 aliphatic carbocycles. The molecule has 0 unspecified atom stereocenters. The van der Waals surface area contributed by atoms with E-state index < -0.39 is 5.97 Å². The molecule has 0 spiro atoms. The predicted molar refractivity (Wildman–Crippen MR) is 61.5 cm³/mol. The van der Waals surface area contributed by atoms with Crippen molar-refractivity contribution < 1.29 is 9.90 Å². The van der Waals surface area contributed by atoms with Gasteiger partial charge in [0.1, 0.15) is 6.54 Å². The van der Waals surface area contributed by atoms with Gasteiger partial charge in [-0.1, -0.05) is 0 Å². The third-order valence-corrected chi connectivity index (χ3v) is 2.62. The second-order valence-electron chi connectivity index (χ2n) is 3.75. The fourth-order valence-corrected chi connectivity index (χ4v) is 1.75. The normalized spacial score (nSPS) is 10.7. The fraction of sp³-hybridized carbons (Fsp3) is 0.364. The first-order chi connectivity index (χ1) is 8.11. The van der Waals surface area contributed by atoms with E-state index in [1.165, 1.54) is 4.68 Å². The van der Waals surface area contributed by atoms with Gasteiger partial charge in [-0.3, -0.25) is 14.2 Å². The van der Waals surface area contributed by atoms with Crippen LogP contribution in [-0.4, -0.2) is 30.6 Å². The summed E-state index contributed by atoms with van der Waals surface area (Å²) in [5.41, 5.74) is 2.73. The third kappa shape index (κ3) is 2.20. The average Bonchev–Trinajstić information content (AvgIpc) is 2.84. The van der Waals surface area contributed by atoms with E-state index in [0.717, 1.165) is 23.5 Å². The Labute approximate surface area is 98.5 Å².